The van der Waals surface area contributed by atoms with Crippen LogP contribution in [0.25, 0.3) is 10.8 Å². The summed E-state index contributed by atoms with van der Waals surface area (Å²) in [6, 6.07) is 12.2. The van der Waals surface area contributed by atoms with Crippen molar-refractivity contribution in [2.75, 3.05) is 7.05 Å². The molecule has 0 aliphatic carbocycles. The molecule has 0 heterocycles. The van der Waals surface area contributed by atoms with Crippen LogP contribution in [-0.4, -0.2) is 24.2 Å². The Bertz CT molecular complexity index is 563. The quantitative estimate of drug-likeness (QED) is 0.762. The fourth-order valence-electron chi connectivity index (χ4n) is 2.18. The van der Waals surface area contributed by atoms with Crippen molar-refractivity contribution >= 4 is 16.7 Å². The molecule has 94 valence electrons. The average Bonchev–Trinajstić information content (AvgIpc) is 2.38. The Kier molecular flexibility index (Phi) is 3.60. The van der Waals surface area contributed by atoms with Gasteiger partial charge in [-0.15, -0.1) is 0 Å². The predicted molar refractivity (Wildman–Crippen MR) is 71.4 cm³/mol. The van der Waals surface area contributed by atoms with Crippen LogP contribution in [0, 0.1) is 0 Å². The molecule has 0 amide bonds. The summed E-state index contributed by atoms with van der Waals surface area (Å²) >= 11 is 0. The Hall–Kier alpha value is -1.91. The maximum absolute atomic E-state index is 11.1. The molecule has 4 heteroatoms. The van der Waals surface area contributed by atoms with Gasteiger partial charge in [0, 0.05) is 0 Å². The van der Waals surface area contributed by atoms with Crippen LogP contribution in [0.3, 0.4) is 0 Å². The van der Waals surface area contributed by atoms with Crippen LogP contribution in [0.1, 0.15) is 11.6 Å². The first kappa shape index (κ1) is 12.5. The van der Waals surface area contributed by atoms with Crippen molar-refractivity contribution in [2.24, 2.45) is 5.73 Å². The number of hydrogen-bond donors (Lipinski definition) is 3. The van der Waals surface area contributed by atoms with E-state index in [0.29, 0.717) is 0 Å². The standard InChI is InChI=1S/C14H16N2O2/c1-16-13(14(17)18)12(15)11-8-4-6-9-5-2-3-7-10(9)11/h2-8,12-13,16H,15H2,1H3,(H,17,18). The third kappa shape index (κ3) is 2.20. The molecule has 0 fully saturated rings. The molecule has 2 atom stereocenters. The van der Waals surface area contributed by atoms with E-state index in [1.165, 1.54) is 0 Å². The van der Waals surface area contributed by atoms with Gasteiger partial charge in [-0.3, -0.25) is 4.79 Å². The maximum atomic E-state index is 11.1. The van der Waals surface area contributed by atoms with E-state index in [1.54, 1.807) is 7.05 Å². The minimum Gasteiger partial charge on any atom is -0.480 e. The van der Waals surface area contributed by atoms with E-state index in [4.69, 9.17) is 10.8 Å². The fourth-order valence-corrected chi connectivity index (χ4v) is 2.18. The van der Waals surface area contributed by atoms with Crippen LogP contribution in [0.4, 0.5) is 0 Å². The second-order valence-electron chi connectivity index (χ2n) is 4.20. The van der Waals surface area contributed by atoms with Crippen molar-refractivity contribution in [2.45, 2.75) is 12.1 Å². The van der Waals surface area contributed by atoms with Gasteiger partial charge in [0.1, 0.15) is 6.04 Å². The minimum absolute atomic E-state index is 0.585. The van der Waals surface area contributed by atoms with E-state index < -0.39 is 18.1 Å². The van der Waals surface area contributed by atoms with Gasteiger partial charge in [-0.05, 0) is 23.4 Å². The highest BCUT2D eigenvalue weighted by Crippen LogP contribution is 2.24. The van der Waals surface area contributed by atoms with Crippen molar-refractivity contribution < 1.29 is 9.90 Å². The third-order valence-electron chi connectivity index (χ3n) is 3.12. The fraction of sp³-hybridized carbons (Fsp3) is 0.214. The largest absolute Gasteiger partial charge is 0.480 e. The second kappa shape index (κ2) is 5.16. The van der Waals surface area contributed by atoms with Crippen molar-refractivity contribution in [3.05, 3.63) is 48.0 Å². The van der Waals surface area contributed by atoms with Crippen molar-refractivity contribution in [1.82, 2.24) is 5.32 Å². The highest BCUT2D eigenvalue weighted by Gasteiger charge is 2.25. The summed E-state index contributed by atoms with van der Waals surface area (Å²) in [5, 5.41) is 13.9. The number of carboxylic acids is 1. The number of carboxylic acid groups (broad SMARTS) is 1. The molecule has 0 aromatic heterocycles. The van der Waals surface area contributed by atoms with Crippen LogP contribution in [0.2, 0.25) is 0 Å². The number of fused-ring (bicyclic) bond motifs is 1. The van der Waals surface area contributed by atoms with Gasteiger partial charge >= 0.3 is 5.97 Å². The van der Waals surface area contributed by atoms with Gasteiger partial charge in [0.2, 0.25) is 0 Å². The van der Waals surface area contributed by atoms with Gasteiger partial charge in [0.25, 0.3) is 0 Å². The number of hydrogen-bond acceptors (Lipinski definition) is 3. The Morgan fingerprint density at radius 3 is 2.56 bits per heavy atom. The van der Waals surface area contributed by atoms with Gasteiger partial charge in [0.15, 0.2) is 0 Å². The maximum Gasteiger partial charge on any atom is 0.322 e. The molecule has 0 aliphatic rings. The van der Waals surface area contributed by atoms with Gasteiger partial charge in [-0.1, -0.05) is 42.5 Å². The average molecular weight is 244 g/mol. The number of benzene rings is 2. The molecule has 2 aromatic carbocycles. The van der Waals surface area contributed by atoms with Gasteiger partial charge in [0.05, 0.1) is 6.04 Å². The van der Waals surface area contributed by atoms with Gasteiger partial charge < -0.3 is 16.2 Å². The molecule has 18 heavy (non-hydrogen) atoms. The first-order chi connectivity index (χ1) is 8.65. The van der Waals surface area contributed by atoms with E-state index >= 15 is 0 Å². The lowest BCUT2D eigenvalue weighted by atomic mass is 9.94. The number of carbonyl (C=O) groups is 1. The van der Waals surface area contributed by atoms with Gasteiger partial charge in [-0.2, -0.15) is 0 Å². The molecule has 0 bridgehead atoms. The Morgan fingerprint density at radius 2 is 1.89 bits per heavy atom. The smallest absolute Gasteiger partial charge is 0.322 e. The number of rotatable bonds is 4. The Morgan fingerprint density at radius 1 is 1.22 bits per heavy atom. The van der Waals surface area contributed by atoms with E-state index in [2.05, 4.69) is 5.32 Å². The summed E-state index contributed by atoms with van der Waals surface area (Å²) in [6.45, 7) is 0. The molecule has 0 radical (unpaired) electrons. The normalized spacial score (nSPS) is 14.3. The molecule has 0 saturated carbocycles. The molecule has 4 N–H and O–H groups in total. The van der Waals surface area contributed by atoms with Crippen molar-refractivity contribution in [3.63, 3.8) is 0 Å². The van der Waals surface area contributed by atoms with Crippen LogP contribution < -0.4 is 11.1 Å². The van der Waals surface area contributed by atoms with E-state index in [-0.39, 0.29) is 0 Å². The predicted octanol–water partition coefficient (Wildman–Crippen LogP) is 1.51. The molecule has 2 unspecified atom stereocenters. The summed E-state index contributed by atoms with van der Waals surface area (Å²) < 4.78 is 0. The molecule has 2 rings (SSSR count). The highest BCUT2D eigenvalue weighted by atomic mass is 16.4. The van der Waals surface area contributed by atoms with Crippen LogP contribution in [0.5, 0.6) is 0 Å². The topological polar surface area (TPSA) is 75.3 Å². The van der Waals surface area contributed by atoms with E-state index in [9.17, 15) is 4.79 Å². The lowest BCUT2D eigenvalue weighted by Crippen LogP contribution is -2.43. The summed E-state index contributed by atoms with van der Waals surface area (Å²) in [7, 11) is 1.60. The lowest BCUT2D eigenvalue weighted by molar-refractivity contribution is -0.139. The van der Waals surface area contributed by atoms with Crippen LogP contribution >= 0.6 is 0 Å². The zero-order valence-corrected chi connectivity index (χ0v) is 10.1. The SMILES string of the molecule is CNC(C(=O)O)C(N)c1cccc2ccccc12. The number of likely N-dealkylation sites (N-methyl/N-ethyl adjacent to an activating group) is 1. The van der Waals surface area contributed by atoms with Crippen LogP contribution in [-0.2, 0) is 4.79 Å². The second-order valence-corrected chi connectivity index (χ2v) is 4.20. The molecule has 2 aromatic rings. The van der Waals surface area contributed by atoms with Crippen molar-refractivity contribution in [3.8, 4) is 0 Å². The first-order valence-electron chi connectivity index (χ1n) is 5.78. The van der Waals surface area contributed by atoms with E-state index in [1.807, 2.05) is 42.5 Å². The molecule has 0 spiro atoms. The summed E-state index contributed by atoms with van der Waals surface area (Å²) in [5.74, 6) is -0.946. The highest BCUT2D eigenvalue weighted by molar-refractivity contribution is 5.87. The van der Waals surface area contributed by atoms with Crippen LogP contribution in [0.15, 0.2) is 42.5 Å². The lowest BCUT2D eigenvalue weighted by Gasteiger charge is -2.21. The Balaban J connectivity index is 2.50. The van der Waals surface area contributed by atoms with Crippen molar-refractivity contribution in [1.29, 1.82) is 0 Å². The summed E-state index contributed by atoms with van der Waals surface area (Å²) in [6.07, 6.45) is 0. The Labute approximate surface area is 105 Å². The number of aliphatic carboxylic acids is 1. The molecule has 0 saturated heterocycles. The third-order valence-corrected chi connectivity index (χ3v) is 3.12. The zero-order valence-electron chi connectivity index (χ0n) is 10.1. The minimum atomic E-state index is -0.946. The molecule has 4 nitrogen and oxygen atoms in total. The molecular formula is C14H16N2O2. The number of nitrogens with two attached hydrogens (primary N) is 1. The monoisotopic (exact) mass is 244 g/mol. The summed E-state index contributed by atoms with van der Waals surface area (Å²) in [5.41, 5.74) is 6.92. The number of nitrogens with one attached hydrogen (secondary N) is 1. The summed E-state index contributed by atoms with van der Waals surface area (Å²) in [4.78, 5) is 11.1. The van der Waals surface area contributed by atoms with E-state index in [0.717, 1.165) is 16.3 Å². The first-order valence-corrected chi connectivity index (χ1v) is 5.78. The zero-order chi connectivity index (χ0) is 13.1. The molecular weight excluding hydrogens is 228 g/mol. The molecule has 0 aliphatic heterocycles. The van der Waals surface area contributed by atoms with Gasteiger partial charge in [-0.25, -0.2) is 0 Å².